The number of halogens is 2. The van der Waals surface area contributed by atoms with Crippen molar-refractivity contribution in [3.05, 3.63) is 64.1 Å². The molecule has 4 nitrogen and oxygen atoms in total. The van der Waals surface area contributed by atoms with Crippen LogP contribution in [0.15, 0.2) is 48.5 Å². The van der Waals surface area contributed by atoms with Gasteiger partial charge >= 0.3 is 11.8 Å². The van der Waals surface area contributed by atoms with Gasteiger partial charge in [0.25, 0.3) is 0 Å². The van der Waals surface area contributed by atoms with E-state index in [2.05, 4.69) is 10.6 Å². The summed E-state index contributed by atoms with van der Waals surface area (Å²) in [5, 5.41) is 5.84. The molecule has 2 aromatic rings. The Morgan fingerprint density at radius 2 is 1.55 bits per heavy atom. The molecule has 0 spiro atoms. The number of hydrogen-bond acceptors (Lipinski definition) is 2. The van der Waals surface area contributed by atoms with E-state index in [0.29, 0.717) is 15.7 Å². The molecule has 0 aromatic heterocycles. The maximum Gasteiger partial charge on any atom is 0.313 e. The number of hydrogen-bond donors (Lipinski definition) is 2. The predicted octanol–water partition coefficient (Wildman–Crippen LogP) is 3.81. The highest BCUT2D eigenvalue weighted by atomic mass is 35.5. The van der Waals surface area contributed by atoms with Crippen LogP contribution in [0.25, 0.3) is 0 Å². The first kappa shape index (κ1) is 16.3. The van der Waals surface area contributed by atoms with Crippen molar-refractivity contribution < 1.29 is 9.59 Å². The lowest BCUT2D eigenvalue weighted by Crippen LogP contribution is -2.36. The van der Waals surface area contributed by atoms with Crippen molar-refractivity contribution in [2.24, 2.45) is 0 Å². The summed E-state index contributed by atoms with van der Waals surface area (Å²) >= 11 is 11.7. The molecule has 0 aliphatic carbocycles. The third-order valence-electron chi connectivity index (χ3n) is 2.97. The molecule has 6 heteroatoms. The first-order valence-corrected chi connectivity index (χ1v) is 7.34. The molecular formula is C16H14Cl2N2O2. The highest BCUT2D eigenvalue weighted by Gasteiger charge is 2.17. The molecule has 22 heavy (non-hydrogen) atoms. The molecule has 2 N–H and O–H groups in total. The summed E-state index contributed by atoms with van der Waals surface area (Å²) in [4.78, 5) is 23.8. The van der Waals surface area contributed by atoms with E-state index in [1.807, 2.05) is 30.3 Å². The lowest BCUT2D eigenvalue weighted by atomic mass is 10.1. The van der Waals surface area contributed by atoms with Gasteiger partial charge in [-0.25, -0.2) is 0 Å². The van der Waals surface area contributed by atoms with Crippen molar-refractivity contribution in [2.45, 2.75) is 13.0 Å². The van der Waals surface area contributed by atoms with Crippen LogP contribution in [0.1, 0.15) is 18.5 Å². The average molecular weight is 337 g/mol. The Balaban J connectivity index is 1.99. The molecule has 0 aliphatic heterocycles. The van der Waals surface area contributed by atoms with Crippen molar-refractivity contribution >= 4 is 40.7 Å². The van der Waals surface area contributed by atoms with Crippen LogP contribution in [0.2, 0.25) is 10.0 Å². The Hall–Kier alpha value is -2.04. The Kier molecular flexibility index (Phi) is 5.41. The minimum atomic E-state index is -0.777. The van der Waals surface area contributed by atoms with E-state index >= 15 is 0 Å². The van der Waals surface area contributed by atoms with E-state index < -0.39 is 11.8 Å². The summed E-state index contributed by atoms with van der Waals surface area (Å²) in [6.45, 7) is 1.80. The maximum atomic E-state index is 11.9. The molecular weight excluding hydrogens is 323 g/mol. The van der Waals surface area contributed by atoms with Gasteiger partial charge in [0.05, 0.1) is 6.04 Å². The summed E-state index contributed by atoms with van der Waals surface area (Å²) < 4.78 is 0. The second kappa shape index (κ2) is 7.29. The fourth-order valence-corrected chi connectivity index (χ4v) is 2.43. The molecule has 0 heterocycles. The SMILES string of the molecule is C[C@@H](NC(=O)C(=O)Nc1cc(Cl)cc(Cl)c1)c1ccccc1. The van der Waals surface area contributed by atoms with Crippen LogP contribution >= 0.6 is 23.2 Å². The maximum absolute atomic E-state index is 11.9. The van der Waals surface area contributed by atoms with E-state index in [0.717, 1.165) is 5.56 Å². The van der Waals surface area contributed by atoms with Crippen molar-refractivity contribution in [3.8, 4) is 0 Å². The molecule has 0 fully saturated rings. The Bertz CT molecular complexity index is 670. The van der Waals surface area contributed by atoms with Crippen molar-refractivity contribution in [3.63, 3.8) is 0 Å². The van der Waals surface area contributed by atoms with E-state index in [4.69, 9.17) is 23.2 Å². The first-order chi connectivity index (χ1) is 10.5. The van der Waals surface area contributed by atoms with Crippen LogP contribution < -0.4 is 10.6 Å². The van der Waals surface area contributed by atoms with Crippen LogP contribution in [0.5, 0.6) is 0 Å². The minimum Gasteiger partial charge on any atom is -0.341 e. The highest BCUT2D eigenvalue weighted by Crippen LogP contribution is 2.22. The zero-order chi connectivity index (χ0) is 16.1. The topological polar surface area (TPSA) is 58.2 Å². The standard InChI is InChI=1S/C16H14Cl2N2O2/c1-10(11-5-3-2-4-6-11)19-15(21)16(22)20-14-8-12(17)7-13(18)9-14/h2-10H,1H3,(H,19,21)(H,20,22)/t10-/m1/s1. The van der Waals surface area contributed by atoms with Crippen molar-refractivity contribution in [2.75, 3.05) is 5.32 Å². The fourth-order valence-electron chi connectivity index (χ4n) is 1.90. The van der Waals surface area contributed by atoms with E-state index in [-0.39, 0.29) is 6.04 Å². The number of benzene rings is 2. The number of rotatable bonds is 3. The first-order valence-electron chi connectivity index (χ1n) is 6.58. The van der Waals surface area contributed by atoms with Crippen molar-refractivity contribution in [1.29, 1.82) is 0 Å². The highest BCUT2D eigenvalue weighted by molar-refractivity contribution is 6.40. The zero-order valence-corrected chi connectivity index (χ0v) is 13.3. The quantitative estimate of drug-likeness (QED) is 0.837. The largest absolute Gasteiger partial charge is 0.341 e. The van der Waals surface area contributed by atoms with Crippen LogP contribution in [-0.4, -0.2) is 11.8 Å². The molecule has 0 unspecified atom stereocenters. The molecule has 0 saturated heterocycles. The van der Waals surface area contributed by atoms with Crippen LogP contribution in [0.3, 0.4) is 0 Å². The van der Waals surface area contributed by atoms with Gasteiger partial charge in [0.1, 0.15) is 0 Å². The van der Waals surface area contributed by atoms with Gasteiger partial charge in [0.2, 0.25) is 0 Å². The molecule has 2 aromatic carbocycles. The van der Waals surface area contributed by atoms with Gasteiger partial charge < -0.3 is 10.6 Å². The van der Waals surface area contributed by atoms with E-state index in [9.17, 15) is 9.59 Å². The molecule has 0 saturated carbocycles. The van der Waals surface area contributed by atoms with Gasteiger partial charge in [-0.05, 0) is 30.7 Å². The van der Waals surface area contributed by atoms with Gasteiger partial charge in [-0.3, -0.25) is 9.59 Å². The summed E-state index contributed by atoms with van der Waals surface area (Å²) in [6.07, 6.45) is 0. The normalized spacial score (nSPS) is 11.6. The average Bonchev–Trinajstić information content (AvgIpc) is 2.46. The molecule has 1 atom stereocenters. The van der Waals surface area contributed by atoms with Crippen LogP contribution in [-0.2, 0) is 9.59 Å². The Morgan fingerprint density at radius 3 is 2.14 bits per heavy atom. The van der Waals surface area contributed by atoms with E-state index in [1.165, 1.54) is 18.2 Å². The lowest BCUT2D eigenvalue weighted by molar-refractivity contribution is -0.136. The number of carbonyl (C=O) groups is 2. The Labute approximate surface area is 138 Å². The van der Waals surface area contributed by atoms with Gasteiger partial charge in [0.15, 0.2) is 0 Å². The summed E-state index contributed by atoms with van der Waals surface area (Å²) in [5.74, 6) is -1.51. The molecule has 0 bridgehead atoms. The zero-order valence-electron chi connectivity index (χ0n) is 11.8. The van der Waals surface area contributed by atoms with E-state index in [1.54, 1.807) is 6.92 Å². The second-order valence-electron chi connectivity index (χ2n) is 4.72. The van der Waals surface area contributed by atoms with Gasteiger partial charge in [0, 0.05) is 15.7 Å². The predicted molar refractivity (Wildman–Crippen MR) is 88.1 cm³/mol. The second-order valence-corrected chi connectivity index (χ2v) is 5.59. The van der Waals surface area contributed by atoms with Crippen LogP contribution in [0.4, 0.5) is 5.69 Å². The molecule has 0 radical (unpaired) electrons. The molecule has 2 rings (SSSR count). The monoisotopic (exact) mass is 336 g/mol. The van der Waals surface area contributed by atoms with Crippen molar-refractivity contribution in [1.82, 2.24) is 5.32 Å². The van der Waals surface area contributed by atoms with Gasteiger partial charge in [-0.2, -0.15) is 0 Å². The fraction of sp³-hybridized carbons (Fsp3) is 0.125. The lowest BCUT2D eigenvalue weighted by Gasteiger charge is -2.14. The summed E-state index contributed by atoms with van der Waals surface area (Å²) in [7, 11) is 0. The third-order valence-corrected chi connectivity index (χ3v) is 3.41. The summed E-state index contributed by atoms with van der Waals surface area (Å²) in [5.41, 5.74) is 1.28. The third kappa shape index (κ3) is 4.48. The molecule has 114 valence electrons. The molecule has 2 amide bonds. The molecule has 0 aliphatic rings. The smallest absolute Gasteiger partial charge is 0.313 e. The van der Waals surface area contributed by atoms with Crippen LogP contribution in [0, 0.1) is 0 Å². The van der Waals surface area contributed by atoms with Gasteiger partial charge in [-0.15, -0.1) is 0 Å². The number of carbonyl (C=O) groups excluding carboxylic acids is 2. The number of nitrogens with one attached hydrogen (secondary N) is 2. The Morgan fingerprint density at radius 1 is 0.955 bits per heavy atom. The number of anilines is 1. The van der Waals surface area contributed by atoms with Gasteiger partial charge in [-0.1, -0.05) is 53.5 Å². The summed E-state index contributed by atoms with van der Waals surface area (Å²) in [6, 6.07) is 13.7. The minimum absolute atomic E-state index is 0.276. The number of amides is 2.